The summed E-state index contributed by atoms with van der Waals surface area (Å²) in [7, 11) is 1.91. The monoisotopic (exact) mass is 248 g/mol. The Bertz CT molecular complexity index is 465. The zero-order valence-electron chi connectivity index (χ0n) is 10.1. The highest BCUT2D eigenvalue weighted by molar-refractivity contribution is 7.13. The van der Waals surface area contributed by atoms with Gasteiger partial charge in [-0.2, -0.15) is 0 Å². The fourth-order valence-corrected chi connectivity index (χ4v) is 2.25. The van der Waals surface area contributed by atoms with E-state index in [4.69, 9.17) is 4.74 Å². The molecule has 0 spiro atoms. The second-order valence-electron chi connectivity index (χ2n) is 3.77. The van der Waals surface area contributed by atoms with Crippen LogP contribution in [0.5, 0.6) is 5.75 Å². The molecular weight excluding hydrogens is 232 g/mol. The Morgan fingerprint density at radius 2 is 2.06 bits per heavy atom. The number of hydrogen-bond acceptors (Lipinski definition) is 4. The van der Waals surface area contributed by atoms with Crippen molar-refractivity contribution in [3.8, 4) is 16.3 Å². The minimum Gasteiger partial charge on any atom is -0.492 e. The van der Waals surface area contributed by atoms with Crippen molar-refractivity contribution in [3.05, 3.63) is 35.3 Å². The van der Waals surface area contributed by atoms with Gasteiger partial charge in [0, 0.05) is 23.2 Å². The van der Waals surface area contributed by atoms with Gasteiger partial charge in [-0.3, -0.25) is 0 Å². The van der Waals surface area contributed by atoms with E-state index in [1.165, 1.54) is 0 Å². The average molecular weight is 248 g/mol. The first-order valence-electron chi connectivity index (χ1n) is 5.59. The lowest BCUT2D eigenvalue weighted by molar-refractivity contribution is 0.318. The van der Waals surface area contributed by atoms with E-state index in [1.54, 1.807) is 11.3 Å². The smallest absolute Gasteiger partial charge is 0.123 e. The minimum absolute atomic E-state index is 0.687. The summed E-state index contributed by atoms with van der Waals surface area (Å²) in [5.74, 6) is 0.900. The zero-order chi connectivity index (χ0) is 12.1. The van der Waals surface area contributed by atoms with Crippen molar-refractivity contribution in [2.75, 3.05) is 20.2 Å². The lowest BCUT2D eigenvalue weighted by atomic mass is 10.2. The number of hydrogen-bond donors (Lipinski definition) is 1. The molecule has 0 fully saturated rings. The Morgan fingerprint density at radius 1 is 1.29 bits per heavy atom. The van der Waals surface area contributed by atoms with E-state index in [2.05, 4.69) is 15.7 Å². The van der Waals surface area contributed by atoms with Crippen LogP contribution in [-0.2, 0) is 0 Å². The summed E-state index contributed by atoms with van der Waals surface area (Å²) in [6, 6.07) is 8.07. The highest BCUT2D eigenvalue weighted by Crippen LogP contribution is 2.25. The molecule has 0 aliphatic carbocycles. The molecule has 0 amide bonds. The number of likely N-dealkylation sites (N-methyl/N-ethyl adjacent to an activating group) is 1. The standard InChI is InChI=1S/C13H16N2OS/c1-10-9-17-13(15-10)11-3-5-12(6-4-11)16-8-7-14-2/h3-6,9,14H,7-8H2,1-2H3. The van der Waals surface area contributed by atoms with Gasteiger partial charge < -0.3 is 10.1 Å². The molecular formula is C13H16N2OS. The van der Waals surface area contributed by atoms with Crippen LogP contribution in [-0.4, -0.2) is 25.2 Å². The maximum Gasteiger partial charge on any atom is 0.123 e. The average Bonchev–Trinajstić information content (AvgIpc) is 2.77. The molecule has 1 aromatic carbocycles. The first-order valence-corrected chi connectivity index (χ1v) is 6.47. The highest BCUT2D eigenvalue weighted by atomic mass is 32.1. The molecule has 3 nitrogen and oxygen atoms in total. The summed E-state index contributed by atoms with van der Waals surface area (Å²) in [5.41, 5.74) is 2.21. The molecule has 1 heterocycles. The predicted octanol–water partition coefficient (Wildman–Crippen LogP) is 2.72. The Labute approximate surface area is 105 Å². The van der Waals surface area contributed by atoms with Crippen molar-refractivity contribution in [2.24, 2.45) is 0 Å². The van der Waals surface area contributed by atoms with Crippen LogP contribution in [0, 0.1) is 6.92 Å². The zero-order valence-corrected chi connectivity index (χ0v) is 10.9. The molecule has 0 radical (unpaired) electrons. The van der Waals surface area contributed by atoms with Gasteiger partial charge in [0.25, 0.3) is 0 Å². The maximum absolute atomic E-state index is 5.56. The SMILES string of the molecule is CNCCOc1ccc(-c2nc(C)cs2)cc1. The van der Waals surface area contributed by atoms with Crippen LogP contribution in [0.4, 0.5) is 0 Å². The molecule has 1 aromatic heterocycles. The van der Waals surface area contributed by atoms with Crippen molar-refractivity contribution in [3.63, 3.8) is 0 Å². The predicted molar refractivity (Wildman–Crippen MR) is 71.7 cm³/mol. The molecule has 17 heavy (non-hydrogen) atoms. The molecule has 0 saturated heterocycles. The molecule has 4 heteroatoms. The molecule has 0 bridgehead atoms. The summed E-state index contributed by atoms with van der Waals surface area (Å²) in [5, 5.41) is 6.17. The third kappa shape index (κ3) is 3.28. The normalized spacial score (nSPS) is 10.5. The Balaban J connectivity index is 2.02. The van der Waals surface area contributed by atoms with Gasteiger partial charge in [0.2, 0.25) is 0 Å². The fraction of sp³-hybridized carbons (Fsp3) is 0.308. The van der Waals surface area contributed by atoms with E-state index < -0.39 is 0 Å². The lowest BCUT2D eigenvalue weighted by Crippen LogP contribution is -2.15. The largest absolute Gasteiger partial charge is 0.492 e. The van der Waals surface area contributed by atoms with Crippen molar-refractivity contribution >= 4 is 11.3 Å². The van der Waals surface area contributed by atoms with Gasteiger partial charge in [-0.05, 0) is 38.2 Å². The second-order valence-corrected chi connectivity index (χ2v) is 4.63. The van der Waals surface area contributed by atoms with Crippen molar-refractivity contribution in [1.82, 2.24) is 10.3 Å². The number of aryl methyl sites for hydroxylation is 1. The van der Waals surface area contributed by atoms with Crippen LogP contribution in [0.1, 0.15) is 5.69 Å². The molecule has 0 aliphatic heterocycles. The van der Waals surface area contributed by atoms with Crippen LogP contribution in [0.2, 0.25) is 0 Å². The molecule has 2 aromatic rings. The number of thiazole rings is 1. The van der Waals surface area contributed by atoms with Crippen molar-refractivity contribution in [1.29, 1.82) is 0 Å². The van der Waals surface area contributed by atoms with Crippen LogP contribution >= 0.6 is 11.3 Å². The maximum atomic E-state index is 5.56. The van der Waals surface area contributed by atoms with E-state index in [1.807, 2.05) is 38.2 Å². The van der Waals surface area contributed by atoms with E-state index in [-0.39, 0.29) is 0 Å². The van der Waals surface area contributed by atoms with E-state index in [0.717, 1.165) is 28.6 Å². The summed E-state index contributed by atoms with van der Waals surface area (Å²) in [6.07, 6.45) is 0. The van der Waals surface area contributed by atoms with Crippen LogP contribution < -0.4 is 10.1 Å². The van der Waals surface area contributed by atoms with E-state index in [0.29, 0.717) is 6.61 Å². The van der Waals surface area contributed by atoms with E-state index >= 15 is 0 Å². The van der Waals surface area contributed by atoms with Gasteiger partial charge in [0.1, 0.15) is 17.4 Å². The lowest BCUT2D eigenvalue weighted by Gasteiger charge is -2.05. The van der Waals surface area contributed by atoms with Crippen LogP contribution in [0.15, 0.2) is 29.6 Å². The Hall–Kier alpha value is -1.39. The van der Waals surface area contributed by atoms with Gasteiger partial charge in [0.05, 0.1) is 0 Å². The number of ether oxygens (including phenoxy) is 1. The molecule has 2 rings (SSSR count). The number of rotatable bonds is 5. The molecule has 0 atom stereocenters. The highest BCUT2D eigenvalue weighted by Gasteiger charge is 2.02. The van der Waals surface area contributed by atoms with Gasteiger partial charge in [0.15, 0.2) is 0 Å². The van der Waals surface area contributed by atoms with Crippen molar-refractivity contribution < 1.29 is 4.74 Å². The third-order valence-electron chi connectivity index (χ3n) is 2.34. The topological polar surface area (TPSA) is 34.1 Å². The third-order valence-corrected chi connectivity index (χ3v) is 3.35. The molecule has 0 unspecified atom stereocenters. The molecule has 0 saturated carbocycles. The first-order chi connectivity index (χ1) is 8.29. The minimum atomic E-state index is 0.687. The Morgan fingerprint density at radius 3 is 2.65 bits per heavy atom. The number of nitrogens with zero attached hydrogens (tertiary/aromatic N) is 1. The van der Waals surface area contributed by atoms with E-state index in [9.17, 15) is 0 Å². The molecule has 90 valence electrons. The Kier molecular flexibility index (Phi) is 4.12. The van der Waals surface area contributed by atoms with Crippen LogP contribution in [0.3, 0.4) is 0 Å². The summed E-state index contributed by atoms with van der Waals surface area (Å²) < 4.78 is 5.56. The van der Waals surface area contributed by atoms with Gasteiger partial charge in [-0.25, -0.2) is 4.98 Å². The van der Waals surface area contributed by atoms with Gasteiger partial charge >= 0.3 is 0 Å². The molecule has 0 aliphatic rings. The number of aromatic nitrogens is 1. The number of nitrogens with one attached hydrogen (secondary N) is 1. The number of benzene rings is 1. The van der Waals surface area contributed by atoms with Crippen LogP contribution in [0.25, 0.3) is 10.6 Å². The van der Waals surface area contributed by atoms with Gasteiger partial charge in [-0.1, -0.05) is 0 Å². The summed E-state index contributed by atoms with van der Waals surface area (Å²) >= 11 is 1.67. The molecule has 1 N–H and O–H groups in total. The first kappa shape index (κ1) is 12.1. The van der Waals surface area contributed by atoms with Crippen molar-refractivity contribution in [2.45, 2.75) is 6.92 Å². The fourth-order valence-electron chi connectivity index (χ4n) is 1.45. The summed E-state index contributed by atoms with van der Waals surface area (Å²) in [4.78, 5) is 4.45. The summed E-state index contributed by atoms with van der Waals surface area (Å²) in [6.45, 7) is 3.55. The quantitative estimate of drug-likeness (QED) is 0.826. The second kappa shape index (κ2) is 5.80. The van der Waals surface area contributed by atoms with Gasteiger partial charge in [-0.15, -0.1) is 11.3 Å².